The van der Waals surface area contributed by atoms with Gasteiger partial charge < -0.3 is 5.73 Å². The molecule has 4 heteroatoms. The highest BCUT2D eigenvalue weighted by Crippen LogP contribution is 2.29. The van der Waals surface area contributed by atoms with Crippen molar-refractivity contribution in [3.8, 4) is 0 Å². The van der Waals surface area contributed by atoms with Crippen LogP contribution in [-0.2, 0) is 6.54 Å². The van der Waals surface area contributed by atoms with Crippen LogP contribution in [-0.4, -0.2) is 16.9 Å². The molecule has 1 heterocycles. The lowest BCUT2D eigenvalue weighted by Crippen LogP contribution is -2.27. The lowest BCUT2D eigenvalue weighted by molar-refractivity contribution is 0.187. The Kier molecular flexibility index (Phi) is 4.56. The predicted molar refractivity (Wildman–Crippen MR) is 82.0 cm³/mol. The Hall–Kier alpha value is -1.39. The molecule has 3 nitrogen and oxygen atoms in total. The standard InChI is InChI=1S/C15H21N3S/c1-11(2)14(12-7-5-4-6-8-12)18(3)10-13-9-17-15(16)19-13/h4-9,11,14H,10H2,1-3H3,(H2,16,17). The highest BCUT2D eigenvalue weighted by molar-refractivity contribution is 7.15. The van der Waals surface area contributed by atoms with Gasteiger partial charge in [-0.3, -0.25) is 4.90 Å². The minimum Gasteiger partial charge on any atom is -0.375 e. The second-order valence-corrected chi connectivity index (χ2v) is 6.33. The molecule has 2 rings (SSSR count). The number of nitrogens with two attached hydrogens (primary N) is 1. The lowest BCUT2D eigenvalue weighted by atomic mass is 9.95. The maximum absolute atomic E-state index is 5.69. The quantitative estimate of drug-likeness (QED) is 0.907. The molecule has 0 amide bonds. The maximum Gasteiger partial charge on any atom is 0.180 e. The van der Waals surface area contributed by atoms with Gasteiger partial charge in [-0.05, 0) is 18.5 Å². The number of hydrogen-bond acceptors (Lipinski definition) is 4. The third kappa shape index (κ3) is 3.55. The molecule has 0 aliphatic heterocycles. The molecule has 1 unspecified atom stereocenters. The van der Waals surface area contributed by atoms with Crippen LogP contribution in [0.4, 0.5) is 5.13 Å². The van der Waals surface area contributed by atoms with Crippen LogP contribution in [0.1, 0.15) is 30.3 Å². The van der Waals surface area contributed by atoms with Crippen molar-refractivity contribution in [3.05, 3.63) is 47.0 Å². The van der Waals surface area contributed by atoms with Crippen molar-refractivity contribution in [2.24, 2.45) is 5.92 Å². The summed E-state index contributed by atoms with van der Waals surface area (Å²) >= 11 is 1.57. The summed E-state index contributed by atoms with van der Waals surface area (Å²) in [4.78, 5) is 7.69. The summed E-state index contributed by atoms with van der Waals surface area (Å²) in [5.41, 5.74) is 7.05. The van der Waals surface area contributed by atoms with Crippen molar-refractivity contribution in [1.29, 1.82) is 0 Å². The van der Waals surface area contributed by atoms with Crippen LogP contribution in [0.15, 0.2) is 36.5 Å². The molecule has 102 valence electrons. The highest BCUT2D eigenvalue weighted by atomic mass is 32.1. The van der Waals surface area contributed by atoms with E-state index in [-0.39, 0.29) is 0 Å². The molecular weight excluding hydrogens is 254 g/mol. The molecule has 1 aromatic heterocycles. The third-order valence-corrected chi connectivity index (χ3v) is 4.04. The molecule has 0 saturated carbocycles. The molecule has 0 fully saturated rings. The number of rotatable bonds is 5. The summed E-state index contributed by atoms with van der Waals surface area (Å²) in [6, 6.07) is 11.1. The first-order valence-electron chi connectivity index (χ1n) is 6.53. The SMILES string of the molecule is CC(C)C(c1ccccc1)N(C)Cc1cnc(N)s1. The van der Waals surface area contributed by atoms with E-state index in [0.717, 1.165) is 6.54 Å². The minimum atomic E-state index is 0.407. The van der Waals surface area contributed by atoms with Gasteiger partial charge in [0, 0.05) is 23.7 Å². The van der Waals surface area contributed by atoms with Gasteiger partial charge in [-0.25, -0.2) is 4.98 Å². The lowest BCUT2D eigenvalue weighted by Gasteiger charge is -2.31. The van der Waals surface area contributed by atoms with Crippen molar-refractivity contribution in [3.63, 3.8) is 0 Å². The number of benzene rings is 1. The van der Waals surface area contributed by atoms with Crippen LogP contribution in [0.5, 0.6) is 0 Å². The van der Waals surface area contributed by atoms with Crippen molar-refractivity contribution in [2.75, 3.05) is 12.8 Å². The van der Waals surface area contributed by atoms with E-state index in [1.807, 2.05) is 6.20 Å². The molecule has 1 atom stereocenters. The van der Waals surface area contributed by atoms with Crippen LogP contribution >= 0.6 is 11.3 Å². The fourth-order valence-electron chi connectivity index (χ4n) is 2.54. The predicted octanol–water partition coefficient (Wildman–Crippen LogP) is 3.55. The molecule has 0 bridgehead atoms. The minimum absolute atomic E-state index is 0.407. The smallest absolute Gasteiger partial charge is 0.180 e. The molecule has 1 aromatic carbocycles. The summed E-state index contributed by atoms with van der Waals surface area (Å²) in [5.74, 6) is 0.553. The van der Waals surface area contributed by atoms with Crippen LogP contribution in [0.2, 0.25) is 0 Å². The Morgan fingerprint density at radius 1 is 1.26 bits per heavy atom. The average molecular weight is 275 g/mol. The number of hydrogen-bond donors (Lipinski definition) is 1. The number of anilines is 1. The average Bonchev–Trinajstić information content (AvgIpc) is 2.75. The van der Waals surface area contributed by atoms with E-state index in [2.05, 4.69) is 61.1 Å². The topological polar surface area (TPSA) is 42.2 Å². The van der Waals surface area contributed by atoms with Gasteiger partial charge in [-0.1, -0.05) is 44.2 Å². The molecule has 2 aromatic rings. The Bertz CT molecular complexity index is 507. The van der Waals surface area contributed by atoms with Crippen LogP contribution in [0.25, 0.3) is 0 Å². The van der Waals surface area contributed by atoms with Crippen LogP contribution in [0.3, 0.4) is 0 Å². The van der Waals surface area contributed by atoms with Gasteiger partial charge in [0.05, 0.1) is 0 Å². The second kappa shape index (κ2) is 6.17. The van der Waals surface area contributed by atoms with E-state index in [0.29, 0.717) is 17.1 Å². The van der Waals surface area contributed by atoms with Gasteiger partial charge in [0.15, 0.2) is 5.13 Å². The Balaban J connectivity index is 2.15. The van der Waals surface area contributed by atoms with E-state index >= 15 is 0 Å². The van der Waals surface area contributed by atoms with Crippen molar-refractivity contribution in [1.82, 2.24) is 9.88 Å². The molecule has 0 aliphatic carbocycles. The summed E-state index contributed by atoms with van der Waals surface area (Å²) in [7, 11) is 2.16. The monoisotopic (exact) mass is 275 g/mol. The van der Waals surface area contributed by atoms with Crippen LogP contribution < -0.4 is 5.73 Å². The molecule has 2 N–H and O–H groups in total. The van der Waals surface area contributed by atoms with Crippen molar-refractivity contribution < 1.29 is 0 Å². The fourth-order valence-corrected chi connectivity index (χ4v) is 3.29. The Labute approximate surface area is 119 Å². The maximum atomic E-state index is 5.69. The molecule has 0 spiro atoms. The molecule has 19 heavy (non-hydrogen) atoms. The number of nitrogens with zero attached hydrogens (tertiary/aromatic N) is 2. The molecule has 0 radical (unpaired) electrons. The van der Waals surface area contributed by atoms with E-state index in [4.69, 9.17) is 5.73 Å². The molecular formula is C15H21N3S. The second-order valence-electron chi connectivity index (χ2n) is 5.18. The first kappa shape index (κ1) is 14.0. The summed E-state index contributed by atoms with van der Waals surface area (Å²) < 4.78 is 0. The van der Waals surface area contributed by atoms with Gasteiger partial charge in [0.25, 0.3) is 0 Å². The first-order chi connectivity index (χ1) is 9.08. The van der Waals surface area contributed by atoms with E-state index in [9.17, 15) is 0 Å². The Morgan fingerprint density at radius 3 is 2.47 bits per heavy atom. The van der Waals surface area contributed by atoms with Gasteiger partial charge >= 0.3 is 0 Å². The number of nitrogen functional groups attached to an aromatic ring is 1. The van der Waals surface area contributed by atoms with E-state index < -0.39 is 0 Å². The third-order valence-electron chi connectivity index (χ3n) is 3.22. The zero-order valence-electron chi connectivity index (χ0n) is 11.7. The van der Waals surface area contributed by atoms with Gasteiger partial charge in [-0.2, -0.15) is 0 Å². The number of thiazole rings is 1. The zero-order valence-corrected chi connectivity index (χ0v) is 12.5. The van der Waals surface area contributed by atoms with Gasteiger partial charge in [-0.15, -0.1) is 11.3 Å². The van der Waals surface area contributed by atoms with Gasteiger partial charge in [0.1, 0.15) is 0 Å². The summed E-state index contributed by atoms with van der Waals surface area (Å²) in [5, 5.41) is 0.643. The van der Waals surface area contributed by atoms with Gasteiger partial charge in [0.2, 0.25) is 0 Å². The van der Waals surface area contributed by atoms with Crippen molar-refractivity contribution >= 4 is 16.5 Å². The Morgan fingerprint density at radius 2 is 1.95 bits per heavy atom. The van der Waals surface area contributed by atoms with E-state index in [1.165, 1.54) is 10.4 Å². The summed E-state index contributed by atoms with van der Waals surface area (Å²) in [6.45, 7) is 5.40. The molecule has 0 saturated heterocycles. The zero-order chi connectivity index (χ0) is 13.8. The normalized spacial score (nSPS) is 13.1. The van der Waals surface area contributed by atoms with E-state index in [1.54, 1.807) is 11.3 Å². The largest absolute Gasteiger partial charge is 0.375 e. The highest BCUT2D eigenvalue weighted by Gasteiger charge is 2.21. The first-order valence-corrected chi connectivity index (χ1v) is 7.35. The summed E-state index contributed by atoms with van der Waals surface area (Å²) in [6.07, 6.45) is 1.87. The fraction of sp³-hybridized carbons (Fsp3) is 0.400. The number of aromatic nitrogens is 1. The van der Waals surface area contributed by atoms with Crippen LogP contribution in [0, 0.1) is 5.92 Å². The van der Waals surface area contributed by atoms with Crippen molar-refractivity contribution in [2.45, 2.75) is 26.4 Å². The molecule has 0 aliphatic rings.